The fourth-order valence-corrected chi connectivity index (χ4v) is 1.94. The van der Waals surface area contributed by atoms with Crippen molar-refractivity contribution in [2.75, 3.05) is 13.2 Å². The maximum absolute atomic E-state index is 12.3. The standard InChI is InChI=1S/C14H21F2NO2/c1-9(8-18)6-17-7-12-4-10(2)13(11(3)5-12)19-14(15)16/h4-5,9,14,17-18H,6-8H2,1-3H3. The van der Waals surface area contributed by atoms with E-state index in [1.54, 1.807) is 13.8 Å². The molecule has 0 bridgehead atoms. The van der Waals surface area contributed by atoms with Crippen molar-refractivity contribution in [3.05, 3.63) is 28.8 Å². The maximum Gasteiger partial charge on any atom is 0.387 e. The number of hydrogen-bond acceptors (Lipinski definition) is 3. The predicted octanol–water partition coefficient (Wildman–Crippen LogP) is 2.62. The van der Waals surface area contributed by atoms with Gasteiger partial charge in [0.25, 0.3) is 0 Å². The second-order valence-corrected chi connectivity index (χ2v) is 4.86. The second-order valence-electron chi connectivity index (χ2n) is 4.86. The Hall–Kier alpha value is -1.20. The van der Waals surface area contributed by atoms with Crippen LogP contribution in [0.5, 0.6) is 5.75 Å². The molecule has 0 saturated heterocycles. The molecule has 1 aromatic rings. The smallest absolute Gasteiger partial charge is 0.387 e. The summed E-state index contributed by atoms with van der Waals surface area (Å²) in [7, 11) is 0. The van der Waals surface area contributed by atoms with Crippen LogP contribution in [0.15, 0.2) is 12.1 Å². The highest BCUT2D eigenvalue weighted by Crippen LogP contribution is 2.26. The van der Waals surface area contributed by atoms with Crippen LogP contribution < -0.4 is 10.1 Å². The molecular weight excluding hydrogens is 252 g/mol. The average molecular weight is 273 g/mol. The molecule has 0 aromatic heterocycles. The van der Waals surface area contributed by atoms with E-state index in [-0.39, 0.29) is 18.3 Å². The Morgan fingerprint density at radius 1 is 1.26 bits per heavy atom. The minimum Gasteiger partial charge on any atom is -0.434 e. The third-order valence-electron chi connectivity index (χ3n) is 2.86. The second kappa shape index (κ2) is 7.40. The molecule has 0 heterocycles. The SMILES string of the molecule is Cc1cc(CNCC(C)CO)cc(C)c1OC(F)F. The molecule has 0 spiro atoms. The lowest BCUT2D eigenvalue weighted by Crippen LogP contribution is -2.22. The summed E-state index contributed by atoms with van der Waals surface area (Å²) in [5.74, 6) is 0.450. The summed E-state index contributed by atoms with van der Waals surface area (Å²) in [5.41, 5.74) is 2.42. The van der Waals surface area contributed by atoms with Crippen molar-refractivity contribution in [3.63, 3.8) is 0 Å². The van der Waals surface area contributed by atoms with Crippen LogP contribution in [0.1, 0.15) is 23.6 Å². The number of benzene rings is 1. The van der Waals surface area contributed by atoms with Gasteiger partial charge < -0.3 is 15.2 Å². The van der Waals surface area contributed by atoms with Gasteiger partial charge in [0.2, 0.25) is 0 Å². The zero-order valence-corrected chi connectivity index (χ0v) is 11.5. The topological polar surface area (TPSA) is 41.5 Å². The highest BCUT2D eigenvalue weighted by Gasteiger charge is 2.11. The minimum absolute atomic E-state index is 0.145. The van der Waals surface area contributed by atoms with Gasteiger partial charge in [0.1, 0.15) is 5.75 Å². The van der Waals surface area contributed by atoms with E-state index in [9.17, 15) is 8.78 Å². The molecule has 3 nitrogen and oxygen atoms in total. The van der Waals surface area contributed by atoms with Gasteiger partial charge in [-0.2, -0.15) is 8.78 Å². The Bertz CT molecular complexity index is 387. The van der Waals surface area contributed by atoms with Gasteiger partial charge in [-0.25, -0.2) is 0 Å². The van der Waals surface area contributed by atoms with Gasteiger partial charge in [0.15, 0.2) is 0 Å². The third-order valence-corrected chi connectivity index (χ3v) is 2.86. The van der Waals surface area contributed by atoms with Gasteiger partial charge in [-0.15, -0.1) is 0 Å². The number of aliphatic hydroxyl groups is 1. The van der Waals surface area contributed by atoms with Crippen LogP contribution in [0.2, 0.25) is 0 Å². The fraction of sp³-hybridized carbons (Fsp3) is 0.571. The Balaban J connectivity index is 2.67. The number of hydrogen-bond donors (Lipinski definition) is 2. The van der Waals surface area contributed by atoms with Crippen molar-refractivity contribution in [1.29, 1.82) is 0 Å². The number of ether oxygens (including phenoxy) is 1. The highest BCUT2D eigenvalue weighted by atomic mass is 19.3. The molecule has 19 heavy (non-hydrogen) atoms. The summed E-state index contributed by atoms with van der Waals surface area (Å²) in [6.45, 7) is 4.15. The van der Waals surface area contributed by atoms with E-state index < -0.39 is 6.61 Å². The summed E-state index contributed by atoms with van der Waals surface area (Å²) >= 11 is 0. The van der Waals surface area contributed by atoms with Crippen LogP contribution >= 0.6 is 0 Å². The lowest BCUT2D eigenvalue weighted by molar-refractivity contribution is -0.0507. The number of rotatable bonds is 7. The number of nitrogens with one attached hydrogen (secondary N) is 1. The monoisotopic (exact) mass is 273 g/mol. The molecule has 0 amide bonds. The quantitative estimate of drug-likeness (QED) is 0.802. The van der Waals surface area contributed by atoms with E-state index in [4.69, 9.17) is 5.11 Å². The number of aliphatic hydroxyl groups excluding tert-OH is 1. The first-order valence-electron chi connectivity index (χ1n) is 6.30. The van der Waals surface area contributed by atoms with Gasteiger partial charge in [0.05, 0.1) is 0 Å². The molecule has 108 valence electrons. The molecular formula is C14H21F2NO2. The van der Waals surface area contributed by atoms with Crippen molar-refractivity contribution in [1.82, 2.24) is 5.32 Å². The lowest BCUT2D eigenvalue weighted by atomic mass is 10.1. The first-order chi connectivity index (χ1) is 8.93. The van der Waals surface area contributed by atoms with Gasteiger partial charge in [-0.05, 0) is 36.5 Å². The normalized spacial score (nSPS) is 12.8. The molecule has 2 N–H and O–H groups in total. The Labute approximate surface area is 112 Å². The van der Waals surface area contributed by atoms with Gasteiger partial charge in [0, 0.05) is 19.7 Å². The lowest BCUT2D eigenvalue weighted by Gasteiger charge is -2.14. The molecule has 0 aliphatic heterocycles. The van der Waals surface area contributed by atoms with Crippen molar-refractivity contribution >= 4 is 0 Å². The first-order valence-corrected chi connectivity index (χ1v) is 6.30. The van der Waals surface area contributed by atoms with Crippen LogP contribution in [-0.4, -0.2) is 24.9 Å². The molecule has 1 atom stereocenters. The summed E-state index contributed by atoms with van der Waals surface area (Å²) in [5, 5.41) is 12.1. The van der Waals surface area contributed by atoms with Crippen molar-refractivity contribution in [2.45, 2.75) is 33.9 Å². The molecule has 1 unspecified atom stereocenters. The summed E-state index contributed by atoms with van der Waals surface area (Å²) in [6, 6.07) is 3.67. The van der Waals surface area contributed by atoms with Crippen LogP contribution in [0, 0.1) is 19.8 Å². The van der Waals surface area contributed by atoms with E-state index in [1.807, 2.05) is 19.1 Å². The first kappa shape index (κ1) is 15.9. The third kappa shape index (κ3) is 5.12. The van der Waals surface area contributed by atoms with Crippen LogP contribution in [0.25, 0.3) is 0 Å². The summed E-state index contributed by atoms with van der Waals surface area (Å²) in [4.78, 5) is 0. The Morgan fingerprint density at radius 3 is 2.32 bits per heavy atom. The minimum atomic E-state index is -2.80. The maximum atomic E-state index is 12.3. The molecule has 0 aliphatic carbocycles. The van der Waals surface area contributed by atoms with Gasteiger partial charge >= 0.3 is 6.61 Å². The molecule has 0 radical (unpaired) electrons. The average Bonchev–Trinajstić information content (AvgIpc) is 2.33. The van der Waals surface area contributed by atoms with Crippen molar-refractivity contribution in [2.24, 2.45) is 5.92 Å². The fourth-order valence-electron chi connectivity index (χ4n) is 1.94. The number of halogens is 2. The highest BCUT2D eigenvalue weighted by molar-refractivity contribution is 5.43. The van der Waals surface area contributed by atoms with Crippen LogP contribution in [0.3, 0.4) is 0 Å². The number of aryl methyl sites for hydroxylation is 2. The molecule has 0 saturated carbocycles. The predicted molar refractivity (Wildman–Crippen MR) is 70.5 cm³/mol. The molecule has 1 rings (SSSR count). The van der Waals surface area contributed by atoms with E-state index in [1.165, 1.54) is 0 Å². The Morgan fingerprint density at radius 2 is 1.84 bits per heavy atom. The summed E-state index contributed by atoms with van der Waals surface area (Å²) < 4.78 is 29.0. The van der Waals surface area contributed by atoms with Crippen molar-refractivity contribution in [3.8, 4) is 5.75 Å². The largest absolute Gasteiger partial charge is 0.434 e. The van der Waals surface area contributed by atoms with Crippen LogP contribution in [-0.2, 0) is 6.54 Å². The summed E-state index contributed by atoms with van der Waals surface area (Å²) in [6.07, 6.45) is 0. The van der Waals surface area contributed by atoms with Gasteiger partial charge in [-0.1, -0.05) is 19.1 Å². The molecule has 5 heteroatoms. The van der Waals surface area contributed by atoms with Gasteiger partial charge in [-0.3, -0.25) is 0 Å². The van der Waals surface area contributed by atoms with Crippen LogP contribution in [0.4, 0.5) is 8.78 Å². The van der Waals surface area contributed by atoms with Crippen molar-refractivity contribution < 1.29 is 18.6 Å². The molecule has 1 aromatic carbocycles. The molecule has 0 aliphatic rings. The zero-order chi connectivity index (χ0) is 14.4. The van der Waals surface area contributed by atoms with E-state index >= 15 is 0 Å². The van der Waals surface area contributed by atoms with E-state index in [2.05, 4.69) is 10.1 Å². The number of alkyl halides is 2. The van der Waals surface area contributed by atoms with E-state index in [0.29, 0.717) is 24.2 Å². The Kier molecular flexibility index (Phi) is 6.18. The zero-order valence-electron chi connectivity index (χ0n) is 11.5. The van der Waals surface area contributed by atoms with E-state index in [0.717, 1.165) is 5.56 Å². The molecule has 0 fully saturated rings.